The molecule has 1 amide bonds. The number of rotatable bonds is 5. The second kappa shape index (κ2) is 7.14. The van der Waals surface area contributed by atoms with Crippen LogP contribution in [0, 0.1) is 0 Å². The Balaban J connectivity index is 1.49. The number of hydrogen-bond acceptors (Lipinski definition) is 3. The highest BCUT2D eigenvalue weighted by molar-refractivity contribution is 5.78. The molecule has 2 saturated heterocycles. The number of benzene rings is 1. The van der Waals surface area contributed by atoms with E-state index in [4.69, 9.17) is 4.74 Å². The number of ether oxygens (including phenoxy) is 1. The van der Waals surface area contributed by atoms with Crippen LogP contribution in [0.4, 0.5) is 0 Å². The summed E-state index contributed by atoms with van der Waals surface area (Å²) in [5.74, 6) is 1.95. The van der Waals surface area contributed by atoms with E-state index >= 15 is 0 Å². The number of para-hydroxylation sites is 1. The zero-order valence-corrected chi connectivity index (χ0v) is 13.5. The fourth-order valence-corrected chi connectivity index (χ4v) is 3.67. The lowest BCUT2D eigenvalue weighted by Gasteiger charge is -2.33. The summed E-state index contributed by atoms with van der Waals surface area (Å²) in [5.41, 5.74) is 1.35. The molecule has 2 fully saturated rings. The van der Waals surface area contributed by atoms with Crippen LogP contribution < -0.4 is 4.74 Å². The Morgan fingerprint density at radius 1 is 1.14 bits per heavy atom. The minimum Gasteiger partial charge on any atom is -0.496 e. The molecule has 2 aliphatic rings. The van der Waals surface area contributed by atoms with Crippen LogP contribution in [0.15, 0.2) is 24.3 Å². The third-order valence-electron chi connectivity index (χ3n) is 5.02. The van der Waals surface area contributed by atoms with Crippen molar-refractivity contribution in [3.05, 3.63) is 29.8 Å². The molecule has 0 radical (unpaired) electrons. The van der Waals surface area contributed by atoms with Crippen molar-refractivity contribution in [1.29, 1.82) is 0 Å². The van der Waals surface area contributed by atoms with E-state index in [1.54, 1.807) is 7.11 Å². The molecule has 4 heteroatoms. The zero-order valence-electron chi connectivity index (χ0n) is 13.5. The van der Waals surface area contributed by atoms with Gasteiger partial charge in [0.25, 0.3) is 0 Å². The van der Waals surface area contributed by atoms with Crippen LogP contribution in [0.5, 0.6) is 5.75 Å². The minimum absolute atomic E-state index is 0.337. The molecule has 120 valence electrons. The van der Waals surface area contributed by atoms with Gasteiger partial charge in [-0.2, -0.15) is 0 Å². The maximum absolute atomic E-state index is 11.6. The van der Waals surface area contributed by atoms with Gasteiger partial charge in [-0.15, -0.1) is 0 Å². The Morgan fingerprint density at radius 3 is 2.59 bits per heavy atom. The van der Waals surface area contributed by atoms with Crippen molar-refractivity contribution in [1.82, 2.24) is 9.80 Å². The minimum atomic E-state index is 0.337. The van der Waals surface area contributed by atoms with Gasteiger partial charge in [-0.25, -0.2) is 0 Å². The van der Waals surface area contributed by atoms with Gasteiger partial charge >= 0.3 is 0 Å². The molecule has 4 nitrogen and oxygen atoms in total. The van der Waals surface area contributed by atoms with Gasteiger partial charge in [-0.3, -0.25) is 4.79 Å². The highest BCUT2D eigenvalue weighted by Gasteiger charge is 2.24. The maximum Gasteiger partial charge on any atom is 0.222 e. The highest BCUT2D eigenvalue weighted by Crippen LogP contribution is 2.33. The summed E-state index contributed by atoms with van der Waals surface area (Å²) in [6.07, 6.45) is 4.13. The van der Waals surface area contributed by atoms with Crippen molar-refractivity contribution in [2.24, 2.45) is 0 Å². The molecule has 0 N–H and O–H groups in total. The van der Waals surface area contributed by atoms with Gasteiger partial charge < -0.3 is 14.5 Å². The molecule has 2 aliphatic heterocycles. The Morgan fingerprint density at radius 2 is 1.91 bits per heavy atom. The number of piperidine rings is 1. The van der Waals surface area contributed by atoms with Gasteiger partial charge in [0.1, 0.15) is 5.75 Å². The number of carbonyl (C=O) groups excluding carboxylic acids is 1. The van der Waals surface area contributed by atoms with Crippen molar-refractivity contribution < 1.29 is 9.53 Å². The summed E-state index contributed by atoms with van der Waals surface area (Å²) < 4.78 is 5.49. The summed E-state index contributed by atoms with van der Waals surface area (Å²) >= 11 is 0. The molecule has 0 aliphatic carbocycles. The topological polar surface area (TPSA) is 32.8 Å². The van der Waals surface area contributed by atoms with Gasteiger partial charge in [0.15, 0.2) is 0 Å². The van der Waals surface area contributed by atoms with Crippen molar-refractivity contribution in [3.8, 4) is 5.75 Å². The predicted molar refractivity (Wildman–Crippen MR) is 87.2 cm³/mol. The van der Waals surface area contributed by atoms with Crippen LogP contribution >= 0.6 is 0 Å². The van der Waals surface area contributed by atoms with Gasteiger partial charge in [0.2, 0.25) is 5.91 Å². The third-order valence-corrected chi connectivity index (χ3v) is 5.02. The van der Waals surface area contributed by atoms with E-state index in [1.807, 2.05) is 11.0 Å². The Hall–Kier alpha value is -1.55. The second-order valence-electron chi connectivity index (χ2n) is 6.34. The Bertz CT molecular complexity index is 510. The zero-order chi connectivity index (χ0) is 15.4. The molecule has 1 aromatic carbocycles. The normalized spacial score (nSPS) is 20.6. The lowest BCUT2D eigenvalue weighted by Crippen LogP contribution is -2.39. The first-order valence-electron chi connectivity index (χ1n) is 8.41. The predicted octanol–water partition coefficient (Wildman–Crippen LogP) is 2.50. The Kier molecular flexibility index (Phi) is 4.98. The third kappa shape index (κ3) is 3.43. The van der Waals surface area contributed by atoms with Gasteiger partial charge in [-0.05, 0) is 49.9 Å². The summed E-state index contributed by atoms with van der Waals surface area (Å²) in [6, 6.07) is 8.39. The molecule has 0 spiro atoms. The van der Waals surface area contributed by atoms with Gasteiger partial charge in [0, 0.05) is 26.1 Å². The quantitative estimate of drug-likeness (QED) is 0.838. The van der Waals surface area contributed by atoms with E-state index in [1.165, 1.54) is 18.4 Å². The van der Waals surface area contributed by atoms with Crippen molar-refractivity contribution in [3.63, 3.8) is 0 Å². The molecule has 0 atom stereocenters. The fourth-order valence-electron chi connectivity index (χ4n) is 3.67. The van der Waals surface area contributed by atoms with E-state index in [0.29, 0.717) is 11.8 Å². The summed E-state index contributed by atoms with van der Waals surface area (Å²) in [4.78, 5) is 16.2. The van der Waals surface area contributed by atoms with Crippen molar-refractivity contribution >= 4 is 5.91 Å². The number of methoxy groups -OCH3 is 1. The standard InChI is InChI=1S/C18H26N2O2/c1-22-17-6-3-2-5-16(17)15-8-11-19(12-9-15)13-14-20-10-4-7-18(20)21/h2-3,5-6,15H,4,7-14H2,1H3. The number of carbonyl (C=O) groups is 1. The molecule has 22 heavy (non-hydrogen) atoms. The van der Waals surface area contributed by atoms with Crippen LogP contribution in [0.2, 0.25) is 0 Å². The van der Waals surface area contributed by atoms with E-state index in [2.05, 4.69) is 23.1 Å². The van der Waals surface area contributed by atoms with Crippen molar-refractivity contribution in [2.45, 2.75) is 31.6 Å². The first-order chi connectivity index (χ1) is 10.8. The molecular weight excluding hydrogens is 276 g/mol. The maximum atomic E-state index is 11.6. The fraction of sp³-hybridized carbons (Fsp3) is 0.611. The summed E-state index contributed by atoms with van der Waals surface area (Å²) in [6.45, 7) is 5.11. The van der Waals surface area contributed by atoms with Crippen molar-refractivity contribution in [2.75, 3.05) is 39.8 Å². The van der Waals surface area contributed by atoms with E-state index in [0.717, 1.165) is 51.3 Å². The molecule has 1 aromatic rings. The summed E-state index contributed by atoms with van der Waals surface area (Å²) in [5, 5.41) is 0. The first kappa shape index (κ1) is 15.3. The molecule has 3 rings (SSSR count). The molecule has 0 unspecified atom stereocenters. The second-order valence-corrected chi connectivity index (χ2v) is 6.34. The molecule has 0 saturated carbocycles. The molecule has 0 bridgehead atoms. The molecular formula is C18H26N2O2. The van der Waals surface area contributed by atoms with Crippen LogP contribution in [-0.2, 0) is 4.79 Å². The number of hydrogen-bond donors (Lipinski definition) is 0. The number of likely N-dealkylation sites (tertiary alicyclic amines) is 2. The smallest absolute Gasteiger partial charge is 0.222 e. The van der Waals surface area contributed by atoms with E-state index < -0.39 is 0 Å². The SMILES string of the molecule is COc1ccccc1C1CCN(CCN2CCCC2=O)CC1. The Labute approximate surface area is 133 Å². The molecule has 0 aromatic heterocycles. The average Bonchev–Trinajstić information content (AvgIpc) is 2.98. The summed E-state index contributed by atoms with van der Waals surface area (Å²) in [7, 11) is 1.75. The van der Waals surface area contributed by atoms with E-state index in [9.17, 15) is 4.79 Å². The van der Waals surface area contributed by atoms with E-state index in [-0.39, 0.29) is 0 Å². The van der Waals surface area contributed by atoms with Crippen LogP contribution in [-0.4, -0.2) is 55.5 Å². The van der Waals surface area contributed by atoms with Crippen LogP contribution in [0.25, 0.3) is 0 Å². The largest absolute Gasteiger partial charge is 0.496 e. The van der Waals surface area contributed by atoms with Gasteiger partial charge in [-0.1, -0.05) is 18.2 Å². The first-order valence-corrected chi connectivity index (χ1v) is 8.41. The highest BCUT2D eigenvalue weighted by atomic mass is 16.5. The van der Waals surface area contributed by atoms with Crippen LogP contribution in [0.3, 0.4) is 0 Å². The monoisotopic (exact) mass is 302 g/mol. The van der Waals surface area contributed by atoms with Gasteiger partial charge in [0.05, 0.1) is 7.11 Å². The average molecular weight is 302 g/mol. The van der Waals surface area contributed by atoms with Crippen LogP contribution in [0.1, 0.15) is 37.2 Å². The molecule has 2 heterocycles. The lowest BCUT2D eigenvalue weighted by atomic mass is 9.89. The number of amides is 1. The number of nitrogens with zero attached hydrogens (tertiary/aromatic N) is 2. The lowest BCUT2D eigenvalue weighted by molar-refractivity contribution is -0.127.